The summed E-state index contributed by atoms with van der Waals surface area (Å²) in [5.74, 6) is 0.818. The molecule has 0 aliphatic carbocycles. The Balaban J connectivity index is 2.00. The van der Waals surface area contributed by atoms with Crippen LogP contribution in [0, 0.1) is 5.92 Å². The van der Waals surface area contributed by atoms with E-state index in [4.69, 9.17) is 4.74 Å². The van der Waals surface area contributed by atoms with E-state index in [1.165, 1.54) is 13.4 Å². The fourth-order valence-corrected chi connectivity index (χ4v) is 2.98. The van der Waals surface area contributed by atoms with Crippen molar-refractivity contribution in [1.29, 1.82) is 0 Å². The molecule has 1 aromatic heterocycles. The zero-order chi connectivity index (χ0) is 13.4. The number of ether oxygens (including phenoxy) is 1. The van der Waals surface area contributed by atoms with E-state index in [0.29, 0.717) is 12.4 Å². The molecule has 7 nitrogen and oxygen atoms in total. The zero-order valence-electron chi connectivity index (χ0n) is 10.7. The first-order valence-electron chi connectivity index (χ1n) is 6.38. The van der Waals surface area contributed by atoms with Crippen LogP contribution in [0.15, 0.2) is 11.1 Å². The summed E-state index contributed by atoms with van der Waals surface area (Å²) in [6.07, 6.45) is 3.17. The third kappa shape index (κ3) is 1.85. The number of hydrogen-bond donors (Lipinski definition) is 2. The molecule has 0 spiro atoms. The van der Waals surface area contributed by atoms with Crippen LogP contribution in [0.5, 0.6) is 5.75 Å². The molecule has 0 saturated carbocycles. The average Bonchev–Trinajstić information content (AvgIpc) is 2.80. The predicted octanol–water partition coefficient (Wildman–Crippen LogP) is -0.507. The van der Waals surface area contributed by atoms with Crippen molar-refractivity contribution in [2.45, 2.75) is 18.9 Å². The lowest BCUT2D eigenvalue weighted by Gasteiger charge is -2.36. The summed E-state index contributed by atoms with van der Waals surface area (Å²) >= 11 is 0. The van der Waals surface area contributed by atoms with E-state index in [-0.39, 0.29) is 29.2 Å². The zero-order valence-corrected chi connectivity index (χ0v) is 10.7. The van der Waals surface area contributed by atoms with Gasteiger partial charge in [-0.3, -0.25) is 9.59 Å². The summed E-state index contributed by atoms with van der Waals surface area (Å²) in [5, 5.41) is 2.88. The van der Waals surface area contributed by atoms with Gasteiger partial charge in [0.05, 0.1) is 25.4 Å². The van der Waals surface area contributed by atoms with Crippen LogP contribution in [-0.4, -0.2) is 42.1 Å². The van der Waals surface area contributed by atoms with Crippen LogP contribution in [-0.2, 0) is 4.79 Å². The first-order chi connectivity index (χ1) is 9.22. The van der Waals surface area contributed by atoms with Gasteiger partial charge in [-0.15, -0.1) is 0 Å². The number of methoxy groups -OCH3 is 1. The number of anilines is 1. The van der Waals surface area contributed by atoms with Gasteiger partial charge in [-0.1, -0.05) is 0 Å². The third-order valence-electron chi connectivity index (χ3n) is 3.87. The minimum Gasteiger partial charge on any atom is -0.489 e. The van der Waals surface area contributed by atoms with Gasteiger partial charge < -0.3 is 19.9 Å². The molecule has 0 bridgehead atoms. The van der Waals surface area contributed by atoms with Gasteiger partial charge in [-0.2, -0.15) is 0 Å². The molecule has 2 atom stereocenters. The monoisotopic (exact) mass is 264 g/mol. The molecule has 1 amide bonds. The number of carbonyl (C=O) groups excluding carboxylic acids is 1. The van der Waals surface area contributed by atoms with Crippen LogP contribution in [0.2, 0.25) is 0 Å². The topological polar surface area (TPSA) is 87.3 Å². The molecule has 19 heavy (non-hydrogen) atoms. The van der Waals surface area contributed by atoms with Gasteiger partial charge in [-0.25, -0.2) is 4.98 Å². The number of nitrogens with one attached hydrogen (secondary N) is 2. The van der Waals surface area contributed by atoms with E-state index in [9.17, 15) is 9.59 Å². The van der Waals surface area contributed by atoms with Crippen molar-refractivity contribution < 1.29 is 9.53 Å². The summed E-state index contributed by atoms with van der Waals surface area (Å²) in [6.45, 7) is 1.38. The number of carbonyl (C=O) groups is 1. The molecule has 2 aliphatic rings. The number of nitrogens with zero attached hydrogens (tertiary/aromatic N) is 2. The quantitative estimate of drug-likeness (QED) is 0.751. The molecule has 2 saturated heterocycles. The maximum absolute atomic E-state index is 11.7. The number of aromatic nitrogens is 2. The number of fused-ring (bicyclic) bond motifs is 1. The average molecular weight is 264 g/mol. The Kier molecular flexibility index (Phi) is 2.88. The van der Waals surface area contributed by atoms with Crippen molar-refractivity contribution in [3.8, 4) is 5.75 Å². The molecule has 2 fully saturated rings. The molecular formula is C12H16N4O3. The van der Waals surface area contributed by atoms with Gasteiger partial charge in [0, 0.05) is 13.1 Å². The summed E-state index contributed by atoms with van der Waals surface area (Å²) in [7, 11) is 1.45. The van der Waals surface area contributed by atoms with Gasteiger partial charge in [-0.05, 0) is 12.8 Å². The van der Waals surface area contributed by atoms with Gasteiger partial charge in [0.15, 0.2) is 5.82 Å². The maximum atomic E-state index is 11.7. The second kappa shape index (κ2) is 4.56. The molecule has 0 aromatic carbocycles. The van der Waals surface area contributed by atoms with Crippen molar-refractivity contribution in [2.24, 2.45) is 5.92 Å². The highest BCUT2D eigenvalue weighted by Crippen LogP contribution is 2.33. The molecule has 2 N–H and O–H groups in total. The van der Waals surface area contributed by atoms with Gasteiger partial charge >= 0.3 is 0 Å². The van der Waals surface area contributed by atoms with Gasteiger partial charge in [0.2, 0.25) is 11.7 Å². The fourth-order valence-electron chi connectivity index (χ4n) is 2.98. The Hall–Kier alpha value is -2.05. The lowest BCUT2D eigenvalue weighted by atomic mass is 9.91. The molecule has 0 radical (unpaired) electrons. The highest BCUT2D eigenvalue weighted by atomic mass is 16.5. The van der Waals surface area contributed by atoms with Crippen LogP contribution in [0.1, 0.15) is 12.8 Å². The molecular weight excluding hydrogens is 248 g/mol. The normalized spacial score (nSPS) is 25.9. The van der Waals surface area contributed by atoms with Crippen LogP contribution >= 0.6 is 0 Å². The van der Waals surface area contributed by atoms with Crippen molar-refractivity contribution in [3.05, 3.63) is 16.7 Å². The van der Waals surface area contributed by atoms with E-state index in [2.05, 4.69) is 15.3 Å². The van der Waals surface area contributed by atoms with Crippen LogP contribution in [0.4, 0.5) is 5.82 Å². The van der Waals surface area contributed by atoms with Crippen LogP contribution < -0.4 is 20.5 Å². The van der Waals surface area contributed by atoms with Crippen LogP contribution in [0.3, 0.4) is 0 Å². The Labute approximate surface area is 110 Å². The number of piperidine rings is 1. The van der Waals surface area contributed by atoms with E-state index >= 15 is 0 Å². The van der Waals surface area contributed by atoms with E-state index in [1.807, 2.05) is 4.90 Å². The largest absolute Gasteiger partial charge is 0.489 e. The van der Waals surface area contributed by atoms with Gasteiger partial charge in [0.25, 0.3) is 5.56 Å². The van der Waals surface area contributed by atoms with Crippen LogP contribution in [0.25, 0.3) is 0 Å². The first-order valence-corrected chi connectivity index (χ1v) is 6.38. The Morgan fingerprint density at radius 1 is 1.47 bits per heavy atom. The number of H-pyrrole nitrogens is 1. The first kappa shape index (κ1) is 12.0. The number of amides is 1. The molecule has 7 heteroatoms. The number of hydrogen-bond acceptors (Lipinski definition) is 5. The van der Waals surface area contributed by atoms with E-state index in [0.717, 1.165) is 19.4 Å². The molecule has 3 rings (SSSR count). The summed E-state index contributed by atoms with van der Waals surface area (Å²) in [6, 6.07) is 0.0597. The standard InChI is InChI=1S/C12H16N4O3/c1-19-9-10(14-6-15-12(9)18)16-4-2-3-7-8(16)5-13-11(7)17/h6-8H,2-5H2,1H3,(H,13,17)(H,14,15,18). The predicted molar refractivity (Wildman–Crippen MR) is 68.3 cm³/mol. The van der Waals surface area contributed by atoms with Crippen molar-refractivity contribution >= 4 is 11.7 Å². The lowest BCUT2D eigenvalue weighted by molar-refractivity contribution is -0.123. The fraction of sp³-hybridized carbons (Fsp3) is 0.583. The Morgan fingerprint density at radius 3 is 3.11 bits per heavy atom. The van der Waals surface area contributed by atoms with E-state index in [1.54, 1.807) is 0 Å². The smallest absolute Gasteiger partial charge is 0.295 e. The number of aromatic amines is 1. The SMILES string of the molecule is COc1c(N2CCCC3C(=O)NCC32)nc[nH]c1=O. The highest BCUT2D eigenvalue weighted by molar-refractivity contribution is 5.83. The summed E-state index contributed by atoms with van der Waals surface area (Å²) in [5.41, 5.74) is -0.299. The minimum atomic E-state index is -0.299. The van der Waals surface area contributed by atoms with Gasteiger partial charge in [0.1, 0.15) is 0 Å². The molecule has 1 aromatic rings. The highest BCUT2D eigenvalue weighted by Gasteiger charge is 2.42. The van der Waals surface area contributed by atoms with Crippen molar-refractivity contribution in [2.75, 3.05) is 25.1 Å². The van der Waals surface area contributed by atoms with Crippen molar-refractivity contribution in [3.63, 3.8) is 0 Å². The molecule has 3 heterocycles. The lowest BCUT2D eigenvalue weighted by Crippen LogP contribution is -2.46. The minimum absolute atomic E-state index is 0.0143. The maximum Gasteiger partial charge on any atom is 0.295 e. The second-order valence-electron chi connectivity index (χ2n) is 4.84. The summed E-state index contributed by atoms with van der Waals surface area (Å²) < 4.78 is 5.15. The van der Waals surface area contributed by atoms with Crippen molar-refractivity contribution in [1.82, 2.24) is 15.3 Å². The molecule has 2 unspecified atom stereocenters. The number of rotatable bonds is 2. The molecule has 2 aliphatic heterocycles. The summed E-state index contributed by atoms with van der Waals surface area (Å²) in [4.78, 5) is 32.2. The van der Waals surface area contributed by atoms with E-state index < -0.39 is 0 Å². The molecule has 102 valence electrons. The Morgan fingerprint density at radius 2 is 2.32 bits per heavy atom. The Bertz CT molecular complexity index is 556. The third-order valence-corrected chi connectivity index (χ3v) is 3.87. The second-order valence-corrected chi connectivity index (χ2v) is 4.84.